The number of rotatable bonds is 6. The number of ether oxygens (including phenoxy) is 1. The van der Waals surface area contributed by atoms with E-state index in [0.717, 1.165) is 18.4 Å². The molecule has 1 aromatic rings. The van der Waals surface area contributed by atoms with Gasteiger partial charge in [-0.1, -0.05) is 25.5 Å². The van der Waals surface area contributed by atoms with Gasteiger partial charge in [0.1, 0.15) is 0 Å². The van der Waals surface area contributed by atoms with E-state index in [1.807, 2.05) is 26.8 Å². The van der Waals surface area contributed by atoms with E-state index in [9.17, 15) is 9.59 Å². The molecule has 0 radical (unpaired) electrons. The maximum Gasteiger partial charge on any atom is 0.341 e. The second-order valence-electron chi connectivity index (χ2n) is 5.16. The molecular weight excluding hydrogens is 268 g/mol. The fourth-order valence-electron chi connectivity index (χ4n) is 1.94. The van der Waals surface area contributed by atoms with Crippen LogP contribution in [-0.4, -0.2) is 24.0 Å². The van der Waals surface area contributed by atoms with E-state index in [-0.39, 0.29) is 17.5 Å². The molecule has 1 atom stereocenters. The van der Waals surface area contributed by atoms with E-state index in [2.05, 4.69) is 5.32 Å². The van der Waals surface area contributed by atoms with Gasteiger partial charge in [0.15, 0.2) is 6.10 Å². The quantitative estimate of drug-likeness (QED) is 0.623. The zero-order valence-corrected chi connectivity index (χ0v) is 13.1. The van der Waals surface area contributed by atoms with Crippen molar-refractivity contribution in [1.29, 1.82) is 0 Å². The maximum absolute atomic E-state index is 12.1. The van der Waals surface area contributed by atoms with Crippen LogP contribution in [0.15, 0.2) is 18.2 Å². The first-order valence-corrected chi connectivity index (χ1v) is 7.26. The molecule has 21 heavy (non-hydrogen) atoms. The van der Waals surface area contributed by atoms with Crippen molar-refractivity contribution in [3.63, 3.8) is 0 Å². The number of hydrogen-bond acceptors (Lipinski definition) is 4. The number of nitrogens with two attached hydrogens (primary N) is 1. The van der Waals surface area contributed by atoms with Gasteiger partial charge in [-0.3, -0.25) is 4.79 Å². The smallest absolute Gasteiger partial charge is 0.341 e. The molecule has 1 rings (SSSR count). The Morgan fingerprint density at radius 2 is 1.90 bits per heavy atom. The largest absolute Gasteiger partial charge is 0.449 e. The Balaban J connectivity index is 2.69. The van der Waals surface area contributed by atoms with Crippen molar-refractivity contribution in [3.05, 3.63) is 29.3 Å². The molecular formula is C16H24N2O3. The van der Waals surface area contributed by atoms with Crippen molar-refractivity contribution >= 4 is 17.6 Å². The summed E-state index contributed by atoms with van der Waals surface area (Å²) in [4.78, 5) is 24.0. The van der Waals surface area contributed by atoms with E-state index in [1.165, 1.54) is 0 Å². The Labute approximate surface area is 125 Å². The van der Waals surface area contributed by atoms with Gasteiger partial charge in [-0.15, -0.1) is 0 Å². The van der Waals surface area contributed by atoms with Crippen LogP contribution >= 0.6 is 0 Å². The molecule has 0 saturated heterocycles. The minimum Gasteiger partial charge on any atom is -0.449 e. The van der Waals surface area contributed by atoms with Crippen LogP contribution in [0.3, 0.4) is 0 Å². The molecule has 0 aliphatic carbocycles. The van der Waals surface area contributed by atoms with Crippen LogP contribution in [-0.2, 0) is 9.53 Å². The minimum absolute atomic E-state index is 0.0997. The van der Waals surface area contributed by atoms with Crippen molar-refractivity contribution in [2.45, 2.75) is 52.7 Å². The van der Waals surface area contributed by atoms with Gasteiger partial charge in [-0.05, 0) is 38.8 Å². The number of benzene rings is 1. The van der Waals surface area contributed by atoms with Crippen LogP contribution in [0, 0.1) is 6.92 Å². The van der Waals surface area contributed by atoms with Crippen LogP contribution < -0.4 is 11.1 Å². The fourth-order valence-corrected chi connectivity index (χ4v) is 1.94. The molecule has 5 nitrogen and oxygen atoms in total. The lowest BCUT2D eigenvalue weighted by atomic mass is 10.1. The Kier molecular flexibility index (Phi) is 6.21. The molecule has 0 bridgehead atoms. The number of anilines is 1. The zero-order valence-electron chi connectivity index (χ0n) is 13.1. The number of amides is 1. The highest BCUT2D eigenvalue weighted by Crippen LogP contribution is 2.15. The van der Waals surface area contributed by atoms with Gasteiger partial charge in [0.2, 0.25) is 0 Å². The third-order valence-corrected chi connectivity index (χ3v) is 3.41. The third-order valence-electron chi connectivity index (χ3n) is 3.41. The number of esters is 1. The monoisotopic (exact) mass is 292 g/mol. The molecule has 0 aliphatic heterocycles. The standard InChI is InChI=1S/C16H24N2O3/c1-5-12(6-2)18-15(19)11(4)21-16(20)13-9-10(3)7-8-14(13)17/h7-9,11-12H,5-6,17H2,1-4H3,(H,18,19). The molecule has 116 valence electrons. The summed E-state index contributed by atoms with van der Waals surface area (Å²) in [7, 11) is 0. The molecule has 1 amide bonds. The van der Waals surface area contributed by atoms with Crippen LogP contribution in [0.4, 0.5) is 5.69 Å². The number of hydrogen-bond donors (Lipinski definition) is 2. The first kappa shape index (κ1) is 17.0. The van der Waals surface area contributed by atoms with Gasteiger partial charge < -0.3 is 15.8 Å². The maximum atomic E-state index is 12.1. The summed E-state index contributed by atoms with van der Waals surface area (Å²) >= 11 is 0. The summed E-state index contributed by atoms with van der Waals surface area (Å²) < 4.78 is 5.19. The topological polar surface area (TPSA) is 81.4 Å². The summed E-state index contributed by atoms with van der Waals surface area (Å²) in [6, 6.07) is 5.22. The number of nitrogens with one attached hydrogen (secondary N) is 1. The van der Waals surface area contributed by atoms with Crippen LogP contribution in [0.25, 0.3) is 0 Å². The lowest BCUT2D eigenvalue weighted by molar-refractivity contribution is -0.129. The summed E-state index contributed by atoms with van der Waals surface area (Å²) in [6.07, 6.45) is 0.833. The van der Waals surface area contributed by atoms with Gasteiger partial charge in [0.25, 0.3) is 5.91 Å². The van der Waals surface area contributed by atoms with Gasteiger partial charge in [-0.2, -0.15) is 0 Å². The van der Waals surface area contributed by atoms with E-state index in [4.69, 9.17) is 10.5 Å². The number of carbonyl (C=O) groups excluding carboxylic acids is 2. The first-order valence-electron chi connectivity index (χ1n) is 7.26. The summed E-state index contributed by atoms with van der Waals surface area (Å²) in [5.74, 6) is -0.869. The predicted octanol–water partition coefficient (Wildman–Crippen LogP) is 2.43. The SMILES string of the molecule is CCC(CC)NC(=O)C(C)OC(=O)c1cc(C)ccc1N. The van der Waals surface area contributed by atoms with Crippen molar-refractivity contribution in [2.75, 3.05) is 5.73 Å². The average molecular weight is 292 g/mol. The zero-order chi connectivity index (χ0) is 16.0. The van der Waals surface area contributed by atoms with E-state index in [1.54, 1.807) is 19.1 Å². The Morgan fingerprint density at radius 3 is 2.48 bits per heavy atom. The summed E-state index contributed by atoms with van der Waals surface area (Å²) in [5.41, 5.74) is 7.31. The Morgan fingerprint density at radius 1 is 1.29 bits per heavy atom. The van der Waals surface area contributed by atoms with Crippen molar-refractivity contribution < 1.29 is 14.3 Å². The molecule has 3 N–H and O–H groups in total. The Bertz CT molecular complexity index is 510. The van der Waals surface area contributed by atoms with Crippen LogP contribution in [0.1, 0.15) is 49.5 Å². The number of nitrogen functional groups attached to an aromatic ring is 1. The third kappa shape index (κ3) is 4.77. The molecule has 0 fully saturated rings. The van der Waals surface area contributed by atoms with Gasteiger partial charge >= 0.3 is 5.97 Å². The Hall–Kier alpha value is -2.04. The average Bonchev–Trinajstić information content (AvgIpc) is 2.46. The highest BCUT2D eigenvalue weighted by molar-refractivity contribution is 5.97. The van der Waals surface area contributed by atoms with Gasteiger partial charge in [0, 0.05) is 11.7 Å². The summed E-state index contributed by atoms with van der Waals surface area (Å²) in [6.45, 7) is 7.41. The molecule has 0 saturated carbocycles. The van der Waals surface area contributed by atoms with E-state index in [0.29, 0.717) is 5.69 Å². The van der Waals surface area contributed by atoms with Crippen molar-refractivity contribution in [1.82, 2.24) is 5.32 Å². The fraction of sp³-hybridized carbons (Fsp3) is 0.500. The second kappa shape index (κ2) is 7.67. The van der Waals surface area contributed by atoms with Crippen LogP contribution in [0.5, 0.6) is 0 Å². The number of carbonyl (C=O) groups is 2. The minimum atomic E-state index is -0.849. The molecule has 0 spiro atoms. The second-order valence-corrected chi connectivity index (χ2v) is 5.16. The van der Waals surface area contributed by atoms with Gasteiger partial charge in [-0.25, -0.2) is 4.79 Å². The lowest BCUT2D eigenvalue weighted by Crippen LogP contribution is -2.41. The molecule has 0 heterocycles. The lowest BCUT2D eigenvalue weighted by Gasteiger charge is -2.19. The normalized spacial score (nSPS) is 12.0. The molecule has 1 unspecified atom stereocenters. The van der Waals surface area contributed by atoms with Crippen LogP contribution in [0.2, 0.25) is 0 Å². The molecule has 0 aliphatic rings. The van der Waals surface area contributed by atoms with Gasteiger partial charge in [0.05, 0.1) is 5.56 Å². The van der Waals surface area contributed by atoms with Crippen molar-refractivity contribution in [3.8, 4) is 0 Å². The first-order chi connectivity index (χ1) is 9.88. The number of aryl methyl sites for hydroxylation is 1. The highest BCUT2D eigenvalue weighted by Gasteiger charge is 2.21. The van der Waals surface area contributed by atoms with E-state index < -0.39 is 12.1 Å². The van der Waals surface area contributed by atoms with Crippen molar-refractivity contribution in [2.24, 2.45) is 0 Å². The van der Waals surface area contributed by atoms with E-state index >= 15 is 0 Å². The predicted molar refractivity (Wildman–Crippen MR) is 83.0 cm³/mol. The molecule has 0 aromatic heterocycles. The highest BCUT2D eigenvalue weighted by atomic mass is 16.5. The summed E-state index contributed by atoms with van der Waals surface area (Å²) in [5, 5.41) is 2.85. The molecule has 5 heteroatoms. The molecule has 1 aromatic carbocycles.